The Morgan fingerprint density at radius 2 is 2.35 bits per heavy atom. The molecule has 6 nitrogen and oxygen atoms in total. The van der Waals surface area contributed by atoms with Gasteiger partial charge in [-0.15, -0.1) is 0 Å². The van der Waals surface area contributed by atoms with Gasteiger partial charge in [0, 0.05) is 24.8 Å². The van der Waals surface area contributed by atoms with Gasteiger partial charge in [-0.1, -0.05) is 23.4 Å². The third-order valence-electron chi connectivity index (χ3n) is 2.94. The van der Waals surface area contributed by atoms with Crippen LogP contribution in [0.2, 0.25) is 0 Å². The molecular weight excluding hydrogens is 254 g/mol. The highest BCUT2D eigenvalue weighted by atomic mass is 16.4. The first kappa shape index (κ1) is 14.1. The largest absolute Gasteiger partial charge is 0.409 e. The Labute approximate surface area is 117 Å². The van der Waals surface area contributed by atoms with Crippen LogP contribution in [0.15, 0.2) is 41.8 Å². The summed E-state index contributed by atoms with van der Waals surface area (Å²) in [7, 11) is 0. The van der Waals surface area contributed by atoms with Crippen molar-refractivity contribution in [3.05, 3.63) is 53.3 Å². The average molecular weight is 273 g/mol. The fourth-order valence-electron chi connectivity index (χ4n) is 1.91. The number of nitrogens with one attached hydrogen (secondary N) is 1. The summed E-state index contributed by atoms with van der Waals surface area (Å²) >= 11 is 0. The fourth-order valence-corrected chi connectivity index (χ4v) is 1.91. The molecular formula is C14H19N5O. The summed E-state index contributed by atoms with van der Waals surface area (Å²) in [5.41, 5.74) is 8.53. The maximum Gasteiger partial charge on any atom is 0.170 e. The molecule has 1 heterocycles. The summed E-state index contributed by atoms with van der Waals surface area (Å²) in [4.78, 5) is 0. The highest BCUT2D eigenvalue weighted by molar-refractivity contribution is 5.97. The smallest absolute Gasteiger partial charge is 0.170 e. The van der Waals surface area contributed by atoms with Gasteiger partial charge in [-0.3, -0.25) is 4.68 Å². The van der Waals surface area contributed by atoms with Gasteiger partial charge in [-0.2, -0.15) is 5.10 Å². The van der Waals surface area contributed by atoms with E-state index in [-0.39, 0.29) is 5.84 Å². The maximum atomic E-state index is 8.66. The lowest BCUT2D eigenvalue weighted by Crippen LogP contribution is -2.20. The lowest BCUT2D eigenvalue weighted by Gasteiger charge is -2.07. The van der Waals surface area contributed by atoms with Gasteiger partial charge in [0.25, 0.3) is 0 Å². The van der Waals surface area contributed by atoms with Crippen molar-refractivity contribution in [1.82, 2.24) is 15.1 Å². The van der Waals surface area contributed by atoms with Crippen LogP contribution in [-0.4, -0.2) is 27.4 Å². The van der Waals surface area contributed by atoms with Gasteiger partial charge in [0.05, 0.1) is 12.7 Å². The molecule has 0 aliphatic carbocycles. The molecule has 20 heavy (non-hydrogen) atoms. The van der Waals surface area contributed by atoms with Crippen molar-refractivity contribution in [2.45, 2.75) is 20.0 Å². The second-order valence-electron chi connectivity index (χ2n) is 4.64. The second-order valence-corrected chi connectivity index (χ2v) is 4.64. The summed E-state index contributed by atoms with van der Waals surface area (Å²) in [6.07, 6.45) is 3.86. The molecule has 0 saturated carbocycles. The van der Waals surface area contributed by atoms with Crippen molar-refractivity contribution in [2.75, 3.05) is 6.54 Å². The standard InChI is InChI=1S/C14H19N5O/c1-11-8-17-19(10-11)6-5-16-9-12-3-2-4-13(7-12)14(15)18-20/h2-4,7-8,10,16,20H,5-6,9H2,1H3,(H2,15,18). The van der Waals surface area contributed by atoms with Crippen molar-refractivity contribution in [2.24, 2.45) is 10.9 Å². The number of amidine groups is 1. The topological polar surface area (TPSA) is 88.5 Å². The SMILES string of the molecule is Cc1cnn(CCNCc2cccc(/C(N)=N/O)c2)c1. The molecule has 0 spiro atoms. The lowest BCUT2D eigenvalue weighted by atomic mass is 10.1. The molecule has 0 atom stereocenters. The molecule has 4 N–H and O–H groups in total. The molecule has 0 unspecified atom stereocenters. The molecule has 0 saturated heterocycles. The van der Waals surface area contributed by atoms with Crippen molar-refractivity contribution in [3.63, 3.8) is 0 Å². The molecule has 0 aliphatic rings. The zero-order valence-corrected chi connectivity index (χ0v) is 11.5. The van der Waals surface area contributed by atoms with E-state index in [4.69, 9.17) is 10.9 Å². The number of rotatable bonds is 6. The molecule has 0 fully saturated rings. The number of oxime groups is 1. The van der Waals surface area contributed by atoms with Gasteiger partial charge in [-0.05, 0) is 24.1 Å². The Kier molecular flexibility index (Phi) is 4.73. The number of hydrogen-bond donors (Lipinski definition) is 3. The van der Waals surface area contributed by atoms with Crippen LogP contribution in [0.25, 0.3) is 0 Å². The van der Waals surface area contributed by atoms with Gasteiger partial charge < -0.3 is 16.3 Å². The van der Waals surface area contributed by atoms with E-state index in [2.05, 4.69) is 15.6 Å². The van der Waals surface area contributed by atoms with Crippen LogP contribution in [0.3, 0.4) is 0 Å². The molecule has 0 amide bonds. The van der Waals surface area contributed by atoms with Crippen LogP contribution in [0.1, 0.15) is 16.7 Å². The van der Waals surface area contributed by atoms with Crippen molar-refractivity contribution in [1.29, 1.82) is 0 Å². The van der Waals surface area contributed by atoms with E-state index < -0.39 is 0 Å². The first-order valence-corrected chi connectivity index (χ1v) is 6.45. The number of aromatic nitrogens is 2. The van der Waals surface area contributed by atoms with Crippen LogP contribution < -0.4 is 11.1 Å². The third kappa shape index (κ3) is 3.83. The Hall–Kier alpha value is -2.34. The molecule has 0 radical (unpaired) electrons. The zero-order valence-electron chi connectivity index (χ0n) is 11.5. The highest BCUT2D eigenvalue weighted by Gasteiger charge is 2.00. The maximum absolute atomic E-state index is 8.66. The highest BCUT2D eigenvalue weighted by Crippen LogP contribution is 2.04. The summed E-state index contributed by atoms with van der Waals surface area (Å²) < 4.78 is 1.91. The third-order valence-corrected chi connectivity index (χ3v) is 2.94. The monoisotopic (exact) mass is 273 g/mol. The zero-order chi connectivity index (χ0) is 14.4. The van der Waals surface area contributed by atoms with Crippen LogP contribution in [0, 0.1) is 6.92 Å². The first-order chi connectivity index (χ1) is 9.69. The Balaban J connectivity index is 1.82. The van der Waals surface area contributed by atoms with Gasteiger partial charge in [0.1, 0.15) is 0 Å². The summed E-state index contributed by atoms with van der Waals surface area (Å²) in [6.45, 7) is 4.41. The molecule has 1 aromatic carbocycles. The van der Waals surface area contributed by atoms with E-state index in [1.54, 1.807) is 0 Å². The molecule has 2 aromatic rings. The van der Waals surface area contributed by atoms with Gasteiger partial charge in [0.15, 0.2) is 5.84 Å². The molecule has 0 bridgehead atoms. The van der Waals surface area contributed by atoms with Crippen molar-refractivity contribution >= 4 is 5.84 Å². The van der Waals surface area contributed by atoms with Crippen LogP contribution in [-0.2, 0) is 13.1 Å². The van der Waals surface area contributed by atoms with E-state index >= 15 is 0 Å². The number of nitrogens with zero attached hydrogens (tertiary/aromatic N) is 3. The number of hydrogen-bond acceptors (Lipinski definition) is 4. The van der Waals surface area contributed by atoms with Crippen LogP contribution in [0.4, 0.5) is 0 Å². The summed E-state index contributed by atoms with van der Waals surface area (Å²) in [6, 6.07) is 7.60. The van der Waals surface area contributed by atoms with E-state index in [1.807, 2.05) is 48.3 Å². The molecule has 2 rings (SSSR count). The fraction of sp³-hybridized carbons (Fsp3) is 0.286. The number of aryl methyl sites for hydroxylation is 1. The number of benzene rings is 1. The number of nitrogens with two attached hydrogens (primary N) is 1. The van der Waals surface area contributed by atoms with E-state index in [0.717, 1.165) is 36.3 Å². The van der Waals surface area contributed by atoms with E-state index in [9.17, 15) is 0 Å². The molecule has 0 aliphatic heterocycles. The normalized spacial score (nSPS) is 11.8. The Morgan fingerprint density at radius 3 is 3.05 bits per heavy atom. The average Bonchev–Trinajstić information content (AvgIpc) is 2.88. The minimum absolute atomic E-state index is 0.124. The summed E-state index contributed by atoms with van der Waals surface area (Å²) in [5, 5.41) is 19.2. The molecule has 106 valence electrons. The lowest BCUT2D eigenvalue weighted by molar-refractivity contribution is 0.318. The van der Waals surface area contributed by atoms with E-state index in [0.29, 0.717) is 0 Å². The predicted octanol–water partition coefficient (Wildman–Crippen LogP) is 1.08. The van der Waals surface area contributed by atoms with Gasteiger partial charge >= 0.3 is 0 Å². The van der Waals surface area contributed by atoms with Crippen molar-refractivity contribution < 1.29 is 5.21 Å². The quantitative estimate of drug-likeness (QED) is 0.241. The van der Waals surface area contributed by atoms with Gasteiger partial charge in [-0.25, -0.2) is 0 Å². The Morgan fingerprint density at radius 1 is 1.50 bits per heavy atom. The molecule has 1 aromatic heterocycles. The van der Waals surface area contributed by atoms with E-state index in [1.165, 1.54) is 0 Å². The molecule has 6 heteroatoms. The summed E-state index contributed by atoms with van der Waals surface area (Å²) in [5.74, 6) is 0.124. The first-order valence-electron chi connectivity index (χ1n) is 6.45. The van der Waals surface area contributed by atoms with Crippen molar-refractivity contribution in [3.8, 4) is 0 Å². The van der Waals surface area contributed by atoms with Crippen LogP contribution in [0.5, 0.6) is 0 Å². The predicted molar refractivity (Wildman–Crippen MR) is 77.6 cm³/mol. The minimum atomic E-state index is 0.124. The Bertz CT molecular complexity index is 591. The minimum Gasteiger partial charge on any atom is -0.409 e. The second kappa shape index (κ2) is 6.72. The van der Waals surface area contributed by atoms with Gasteiger partial charge in [0.2, 0.25) is 0 Å². The van der Waals surface area contributed by atoms with Crippen LogP contribution >= 0.6 is 0 Å².